The predicted molar refractivity (Wildman–Crippen MR) is 136 cm³/mol. The van der Waals surface area contributed by atoms with Crippen LogP contribution in [-0.2, 0) is 0 Å². The maximum atomic E-state index is 13.9. The number of hydrogen-bond donors (Lipinski definition) is 4. The van der Waals surface area contributed by atoms with E-state index < -0.39 is 11.9 Å². The van der Waals surface area contributed by atoms with Gasteiger partial charge in [0.05, 0.1) is 11.4 Å². The number of pyridine rings is 1. The molecule has 0 radical (unpaired) electrons. The second-order valence-electron chi connectivity index (χ2n) is 8.18. The summed E-state index contributed by atoms with van der Waals surface area (Å²) < 4.78 is 3.14. The third-order valence-electron chi connectivity index (χ3n) is 5.89. The van der Waals surface area contributed by atoms with Crippen molar-refractivity contribution >= 4 is 28.1 Å². The molecule has 3 aromatic heterocycles. The fraction of sp³-hybridized carbons (Fsp3) is 0.111. The van der Waals surface area contributed by atoms with Crippen LogP contribution in [-0.4, -0.2) is 32.3 Å². The van der Waals surface area contributed by atoms with E-state index in [9.17, 15) is 9.59 Å². The van der Waals surface area contributed by atoms with Crippen molar-refractivity contribution in [3.8, 4) is 17.5 Å². The van der Waals surface area contributed by atoms with Gasteiger partial charge in [-0.1, -0.05) is 42.2 Å². The van der Waals surface area contributed by atoms with Crippen LogP contribution < -0.4 is 21.1 Å². The van der Waals surface area contributed by atoms with E-state index in [1.807, 2.05) is 42.5 Å². The molecule has 5 N–H and O–H groups in total. The number of H-pyrrole nitrogens is 1. The fourth-order valence-corrected chi connectivity index (χ4v) is 4.30. The van der Waals surface area contributed by atoms with Gasteiger partial charge >= 0.3 is 5.65 Å². The molecule has 178 valence electrons. The highest BCUT2D eigenvalue weighted by Gasteiger charge is 2.27. The van der Waals surface area contributed by atoms with Crippen molar-refractivity contribution in [2.45, 2.75) is 13.0 Å². The van der Waals surface area contributed by atoms with Gasteiger partial charge in [0, 0.05) is 23.0 Å². The zero-order valence-electron chi connectivity index (χ0n) is 19.4. The Labute approximate surface area is 205 Å². The van der Waals surface area contributed by atoms with E-state index >= 15 is 0 Å². The molecule has 0 aliphatic rings. The van der Waals surface area contributed by atoms with E-state index in [2.05, 4.69) is 27.2 Å². The minimum Gasteiger partial charge on any atom is -0.384 e. The molecule has 0 aliphatic carbocycles. The van der Waals surface area contributed by atoms with Gasteiger partial charge < -0.3 is 16.2 Å². The highest BCUT2D eigenvalue weighted by molar-refractivity contribution is 6.03. The average molecular weight is 480 g/mol. The Bertz CT molecular complexity index is 1730. The van der Waals surface area contributed by atoms with Crippen molar-refractivity contribution < 1.29 is 14.4 Å². The Morgan fingerprint density at radius 2 is 2.03 bits per heavy atom. The quantitative estimate of drug-likeness (QED) is 0.231. The Kier molecular flexibility index (Phi) is 5.94. The number of aliphatic hydroxyl groups excluding tert-OH is 1. The summed E-state index contributed by atoms with van der Waals surface area (Å²) in [5.41, 5.74) is 8.17. The molecule has 2 aromatic carbocycles. The number of fused-ring (bicyclic) bond motifs is 2. The van der Waals surface area contributed by atoms with Crippen LogP contribution in [0.3, 0.4) is 0 Å². The monoisotopic (exact) mass is 479 g/mol. The number of aromatic nitrogens is 4. The van der Waals surface area contributed by atoms with Gasteiger partial charge in [-0.2, -0.15) is 0 Å². The van der Waals surface area contributed by atoms with Crippen LogP contribution in [0.5, 0.6) is 0 Å². The molecule has 1 amide bonds. The molecule has 0 saturated carbocycles. The van der Waals surface area contributed by atoms with Gasteiger partial charge in [0.25, 0.3) is 11.5 Å². The smallest absolute Gasteiger partial charge is 0.362 e. The van der Waals surface area contributed by atoms with Crippen molar-refractivity contribution in [1.82, 2.24) is 20.0 Å². The number of anilines is 1. The molecule has 0 aliphatic heterocycles. The van der Waals surface area contributed by atoms with E-state index in [4.69, 9.17) is 10.8 Å². The molecule has 5 aromatic rings. The van der Waals surface area contributed by atoms with Crippen LogP contribution >= 0.6 is 0 Å². The van der Waals surface area contributed by atoms with Gasteiger partial charge in [-0.25, -0.2) is 5.10 Å². The number of benzene rings is 2. The van der Waals surface area contributed by atoms with Gasteiger partial charge in [0.1, 0.15) is 19.0 Å². The zero-order valence-corrected chi connectivity index (χ0v) is 19.4. The lowest BCUT2D eigenvalue weighted by Gasteiger charge is -2.21. The van der Waals surface area contributed by atoms with Gasteiger partial charge in [-0.15, -0.1) is 4.52 Å². The molecule has 0 fully saturated rings. The number of carbonyl (C=O) groups is 1. The summed E-state index contributed by atoms with van der Waals surface area (Å²) in [5, 5.41) is 16.1. The number of aliphatic hydroxyl groups is 1. The first-order chi connectivity index (χ1) is 17.5. The Hall–Kier alpha value is -4.94. The van der Waals surface area contributed by atoms with Crippen molar-refractivity contribution in [3.63, 3.8) is 0 Å². The number of hydrogen-bond acceptors (Lipinski definition) is 5. The van der Waals surface area contributed by atoms with Crippen LogP contribution in [0.4, 0.5) is 5.82 Å². The number of nitrogens with one attached hydrogen (secondary N) is 2. The number of para-hydroxylation sites is 1. The summed E-state index contributed by atoms with van der Waals surface area (Å²) >= 11 is 0. The number of nitrogens with two attached hydrogens (primary N) is 1. The minimum absolute atomic E-state index is 0.185. The Morgan fingerprint density at radius 3 is 2.81 bits per heavy atom. The molecule has 1 unspecified atom stereocenters. The van der Waals surface area contributed by atoms with Gasteiger partial charge in [-0.05, 0) is 41.6 Å². The predicted octanol–water partition coefficient (Wildman–Crippen LogP) is 1.87. The average Bonchev–Trinajstić information content (AvgIpc) is 3.23. The molecule has 0 bridgehead atoms. The lowest BCUT2D eigenvalue weighted by atomic mass is 10.0. The number of amides is 1. The normalized spacial score (nSPS) is 11.7. The lowest BCUT2D eigenvalue weighted by molar-refractivity contribution is -0.577. The van der Waals surface area contributed by atoms with Crippen LogP contribution in [0.1, 0.15) is 34.6 Å². The van der Waals surface area contributed by atoms with Crippen molar-refractivity contribution in [3.05, 3.63) is 100 Å². The standard InChI is InChI=1S/C27H22N6O3/c1-17(30-26(35)23-24(28)31-32-14-7-13-29-25(23)32)21-16-19-9-5-8-18(10-6-15-34)22(19)27(36)33(21)20-11-3-2-4-12-20/h2-5,7-9,11-14,16-17,34H,15H2,1H3,(H3,28,30,31,35)/p+1. The third-order valence-corrected chi connectivity index (χ3v) is 5.89. The van der Waals surface area contributed by atoms with Gasteiger partial charge in [0.2, 0.25) is 0 Å². The maximum absolute atomic E-state index is 13.9. The number of nitrogens with zero attached hydrogens (tertiary/aromatic N) is 3. The van der Waals surface area contributed by atoms with E-state index in [0.29, 0.717) is 33.4 Å². The molecule has 0 spiro atoms. The van der Waals surface area contributed by atoms with Crippen LogP contribution in [0.25, 0.3) is 22.1 Å². The molecule has 9 heteroatoms. The maximum Gasteiger partial charge on any atom is 0.362 e. The van der Waals surface area contributed by atoms with Crippen molar-refractivity contribution in [1.29, 1.82) is 0 Å². The molecule has 36 heavy (non-hydrogen) atoms. The Balaban J connectivity index is 1.66. The highest BCUT2D eigenvalue weighted by Crippen LogP contribution is 2.24. The topological polar surface area (TPSA) is 130 Å². The first-order valence-electron chi connectivity index (χ1n) is 11.3. The van der Waals surface area contributed by atoms with Crippen LogP contribution in [0.2, 0.25) is 0 Å². The molecule has 9 nitrogen and oxygen atoms in total. The first kappa shape index (κ1) is 22.8. The second kappa shape index (κ2) is 9.37. The van der Waals surface area contributed by atoms with E-state index in [1.165, 1.54) is 0 Å². The SMILES string of the molecule is CC(NC(=O)c1c(N)[nH][n+]2cccnc12)c1cc2cccc(C#CCO)c2c(=O)n1-c1ccccc1. The van der Waals surface area contributed by atoms with E-state index in [0.717, 1.165) is 0 Å². The number of carbonyl (C=O) groups excluding carboxylic acids is 1. The molecular formula is C27H23N6O3+. The van der Waals surface area contributed by atoms with E-state index in [1.54, 1.807) is 46.6 Å². The van der Waals surface area contributed by atoms with Gasteiger partial charge in [0.15, 0.2) is 11.4 Å². The highest BCUT2D eigenvalue weighted by atomic mass is 16.2. The summed E-state index contributed by atoms with van der Waals surface area (Å²) in [6.07, 6.45) is 3.29. The van der Waals surface area contributed by atoms with Gasteiger partial charge in [-0.3, -0.25) is 14.2 Å². The van der Waals surface area contributed by atoms with Crippen molar-refractivity contribution in [2.75, 3.05) is 12.3 Å². The summed E-state index contributed by atoms with van der Waals surface area (Å²) in [7, 11) is 0. The minimum atomic E-state index is -0.569. The summed E-state index contributed by atoms with van der Waals surface area (Å²) in [5.74, 6) is 5.25. The third kappa shape index (κ3) is 3.96. The zero-order chi connectivity index (χ0) is 25.2. The number of rotatable bonds is 4. The molecule has 5 rings (SSSR count). The van der Waals surface area contributed by atoms with E-state index in [-0.39, 0.29) is 23.5 Å². The summed E-state index contributed by atoms with van der Waals surface area (Å²) in [6, 6.07) is 17.6. The summed E-state index contributed by atoms with van der Waals surface area (Å²) in [4.78, 5) is 31.4. The largest absolute Gasteiger partial charge is 0.384 e. The Morgan fingerprint density at radius 1 is 1.22 bits per heavy atom. The molecule has 0 saturated heterocycles. The molecular weight excluding hydrogens is 456 g/mol. The number of nitrogen functional groups attached to an aromatic ring is 1. The van der Waals surface area contributed by atoms with Crippen molar-refractivity contribution in [2.24, 2.45) is 0 Å². The molecule has 3 heterocycles. The lowest BCUT2D eigenvalue weighted by Crippen LogP contribution is -2.33. The number of aromatic amines is 1. The first-order valence-corrected chi connectivity index (χ1v) is 11.3. The molecule has 1 atom stereocenters. The summed E-state index contributed by atoms with van der Waals surface area (Å²) in [6.45, 7) is 1.49. The second-order valence-corrected chi connectivity index (χ2v) is 8.18. The van der Waals surface area contributed by atoms with Crippen LogP contribution in [0, 0.1) is 11.8 Å². The van der Waals surface area contributed by atoms with Crippen LogP contribution in [0.15, 0.2) is 77.9 Å². The fourth-order valence-electron chi connectivity index (χ4n) is 4.30.